The summed E-state index contributed by atoms with van der Waals surface area (Å²) < 4.78 is 5.18. The lowest BCUT2D eigenvalue weighted by atomic mass is 10.3. The minimum atomic E-state index is -0.253. The van der Waals surface area contributed by atoms with Gasteiger partial charge in [0.1, 0.15) is 22.3 Å². The van der Waals surface area contributed by atoms with Gasteiger partial charge in [-0.1, -0.05) is 0 Å². The van der Waals surface area contributed by atoms with E-state index in [1.54, 1.807) is 14.0 Å². The van der Waals surface area contributed by atoms with E-state index in [4.69, 9.17) is 4.74 Å². The van der Waals surface area contributed by atoms with Gasteiger partial charge in [-0.25, -0.2) is 10.1 Å². The predicted molar refractivity (Wildman–Crippen MR) is 66.6 cm³/mol. The molecule has 0 spiro atoms. The van der Waals surface area contributed by atoms with Crippen LogP contribution in [0, 0.1) is 6.92 Å². The summed E-state index contributed by atoms with van der Waals surface area (Å²) in [7, 11) is 1.61. The highest BCUT2D eigenvalue weighted by Crippen LogP contribution is 2.25. The Hall–Kier alpha value is -1.80. The molecule has 0 bridgehead atoms. The number of carbonyl (C=O) groups excluding carboxylic acids is 1. The molecular weight excluding hydrogens is 254 g/mol. The zero-order valence-corrected chi connectivity index (χ0v) is 11.0. The number of hydrogen-bond donors (Lipinski definition) is 2. The topological polar surface area (TPSA) is 92.8 Å². The van der Waals surface area contributed by atoms with Crippen LogP contribution in [-0.4, -0.2) is 33.2 Å². The second-order valence-electron chi connectivity index (χ2n) is 3.63. The molecule has 0 saturated carbocycles. The van der Waals surface area contributed by atoms with Gasteiger partial charge in [0, 0.05) is 7.11 Å². The highest BCUT2D eigenvalue weighted by atomic mass is 32.1. The number of aromatic amines is 1. The monoisotopic (exact) mass is 267 g/mol. The number of anilines is 1. The first-order valence-corrected chi connectivity index (χ1v) is 6.10. The average molecular weight is 267 g/mol. The van der Waals surface area contributed by atoms with Crippen molar-refractivity contribution in [2.24, 2.45) is 0 Å². The van der Waals surface area contributed by atoms with Gasteiger partial charge in [0.2, 0.25) is 5.95 Å². The molecule has 18 heavy (non-hydrogen) atoms. The molecule has 0 fully saturated rings. The number of hydrogen-bond acceptors (Lipinski definition) is 6. The number of aryl methyl sites for hydroxylation is 1. The third-order valence-electron chi connectivity index (χ3n) is 2.37. The molecule has 1 unspecified atom stereocenters. The molecule has 96 valence electrons. The van der Waals surface area contributed by atoms with E-state index in [1.807, 2.05) is 6.92 Å². The fraction of sp³-hybridized carbons (Fsp3) is 0.400. The van der Waals surface area contributed by atoms with E-state index < -0.39 is 0 Å². The molecule has 0 aromatic carbocycles. The van der Waals surface area contributed by atoms with E-state index in [1.165, 1.54) is 17.7 Å². The van der Waals surface area contributed by atoms with Gasteiger partial charge < -0.3 is 4.74 Å². The fourth-order valence-corrected chi connectivity index (χ4v) is 2.32. The van der Waals surface area contributed by atoms with Crippen LogP contribution in [0.1, 0.15) is 33.4 Å². The van der Waals surface area contributed by atoms with Crippen LogP contribution in [0.4, 0.5) is 5.95 Å². The summed E-state index contributed by atoms with van der Waals surface area (Å²) in [5, 5.41) is 9.61. The molecule has 0 aliphatic heterocycles. The molecule has 0 saturated heterocycles. The summed E-state index contributed by atoms with van der Waals surface area (Å²) in [4.78, 5) is 20.7. The Kier molecular flexibility index (Phi) is 3.68. The largest absolute Gasteiger partial charge is 0.375 e. The maximum absolute atomic E-state index is 12.0. The van der Waals surface area contributed by atoms with Gasteiger partial charge in [-0.2, -0.15) is 10.1 Å². The second kappa shape index (κ2) is 5.23. The van der Waals surface area contributed by atoms with E-state index in [-0.39, 0.29) is 12.0 Å². The molecule has 0 aliphatic carbocycles. The van der Waals surface area contributed by atoms with E-state index in [9.17, 15) is 4.79 Å². The number of ether oxygens (including phenoxy) is 1. The molecule has 2 heterocycles. The van der Waals surface area contributed by atoms with Gasteiger partial charge in [0.05, 0.1) is 5.69 Å². The molecule has 2 aromatic rings. The summed E-state index contributed by atoms with van der Waals surface area (Å²) in [5.74, 6) is 0.0606. The molecule has 1 atom stereocenters. The number of H-pyrrole nitrogens is 1. The smallest absolute Gasteiger partial charge is 0.270 e. The number of rotatable bonds is 4. The van der Waals surface area contributed by atoms with Crippen molar-refractivity contribution in [3.63, 3.8) is 0 Å². The van der Waals surface area contributed by atoms with Gasteiger partial charge in [-0.15, -0.1) is 11.3 Å². The molecule has 0 radical (unpaired) electrons. The van der Waals surface area contributed by atoms with Gasteiger partial charge in [0.25, 0.3) is 5.91 Å². The zero-order valence-electron chi connectivity index (χ0n) is 10.2. The Morgan fingerprint density at radius 3 is 3.00 bits per heavy atom. The first kappa shape index (κ1) is 12.7. The molecule has 2 aromatic heterocycles. The van der Waals surface area contributed by atoms with Gasteiger partial charge in [-0.05, 0) is 13.8 Å². The second-order valence-corrected chi connectivity index (χ2v) is 4.66. The summed E-state index contributed by atoms with van der Waals surface area (Å²) in [6, 6.07) is 0. The Morgan fingerprint density at radius 1 is 1.61 bits per heavy atom. The average Bonchev–Trinajstić information content (AvgIpc) is 2.97. The molecule has 7 nitrogen and oxygen atoms in total. The number of nitrogens with one attached hydrogen (secondary N) is 2. The predicted octanol–water partition coefficient (Wildman–Crippen LogP) is 1.53. The van der Waals surface area contributed by atoms with Gasteiger partial charge in [-0.3, -0.25) is 10.1 Å². The van der Waals surface area contributed by atoms with Crippen molar-refractivity contribution >= 4 is 23.2 Å². The maximum atomic E-state index is 12.0. The van der Waals surface area contributed by atoms with Crippen LogP contribution in [0.5, 0.6) is 0 Å². The number of amides is 1. The van der Waals surface area contributed by atoms with E-state index in [2.05, 4.69) is 25.5 Å². The summed E-state index contributed by atoms with van der Waals surface area (Å²) in [6.45, 7) is 3.67. The molecule has 1 amide bonds. The fourth-order valence-electron chi connectivity index (χ4n) is 1.33. The van der Waals surface area contributed by atoms with E-state index >= 15 is 0 Å². The van der Waals surface area contributed by atoms with Crippen LogP contribution in [0.2, 0.25) is 0 Å². The van der Waals surface area contributed by atoms with Crippen molar-refractivity contribution in [1.82, 2.24) is 20.2 Å². The molecule has 8 heteroatoms. The highest BCUT2D eigenvalue weighted by Gasteiger charge is 2.18. The van der Waals surface area contributed by atoms with Crippen molar-refractivity contribution in [3.8, 4) is 0 Å². The lowest BCUT2D eigenvalue weighted by Crippen LogP contribution is -2.12. The summed E-state index contributed by atoms with van der Waals surface area (Å²) in [5.41, 5.74) is 0.677. The Bertz CT molecular complexity index is 536. The van der Waals surface area contributed by atoms with E-state index in [0.717, 1.165) is 5.01 Å². The first-order valence-electron chi connectivity index (χ1n) is 5.28. The van der Waals surface area contributed by atoms with Crippen LogP contribution in [0.15, 0.2) is 6.33 Å². The standard InChI is InChI=1S/C10H13N5O2S/c1-5-7(18-9(13-5)6(2)17-3)8(16)14-10-11-4-12-15-10/h4,6H,1-3H3,(H2,11,12,14,15,16). The van der Waals surface area contributed by atoms with Crippen LogP contribution < -0.4 is 5.32 Å². The normalized spacial score (nSPS) is 12.4. The number of aromatic nitrogens is 4. The quantitative estimate of drug-likeness (QED) is 0.876. The third kappa shape index (κ3) is 2.54. The van der Waals surface area contributed by atoms with Gasteiger partial charge in [0.15, 0.2) is 0 Å². The molecule has 0 aliphatic rings. The van der Waals surface area contributed by atoms with Crippen molar-refractivity contribution in [1.29, 1.82) is 0 Å². The number of carbonyl (C=O) groups is 1. The van der Waals surface area contributed by atoms with Crippen molar-refractivity contribution in [2.45, 2.75) is 20.0 Å². The summed E-state index contributed by atoms with van der Waals surface area (Å²) in [6.07, 6.45) is 1.20. The van der Waals surface area contributed by atoms with Crippen LogP contribution in [0.3, 0.4) is 0 Å². The SMILES string of the molecule is COC(C)c1nc(C)c(C(=O)Nc2ncn[nH]2)s1. The Balaban J connectivity index is 2.17. The zero-order chi connectivity index (χ0) is 13.1. The number of nitrogens with zero attached hydrogens (tertiary/aromatic N) is 3. The number of methoxy groups -OCH3 is 1. The minimum Gasteiger partial charge on any atom is -0.375 e. The maximum Gasteiger partial charge on any atom is 0.270 e. The first-order chi connectivity index (χ1) is 8.61. The highest BCUT2D eigenvalue weighted by molar-refractivity contribution is 7.14. The third-order valence-corrected chi connectivity index (χ3v) is 3.68. The van der Waals surface area contributed by atoms with Crippen molar-refractivity contribution in [2.75, 3.05) is 12.4 Å². The Morgan fingerprint density at radius 2 is 2.39 bits per heavy atom. The van der Waals surface area contributed by atoms with Crippen molar-refractivity contribution in [3.05, 3.63) is 21.9 Å². The van der Waals surface area contributed by atoms with Crippen LogP contribution >= 0.6 is 11.3 Å². The van der Waals surface area contributed by atoms with Gasteiger partial charge >= 0.3 is 0 Å². The molecular formula is C10H13N5O2S. The van der Waals surface area contributed by atoms with E-state index in [0.29, 0.717) is 16.5 Å². The molecule has 2 N–H and O–H groups in total. The summed E-state index contributed by atoms with van der Waals surface area (Å²) >= 11 is 1.31. The lowest BCUT2D eigenvalue weighted by Gasteiger charge is -2.03. The van der Waals surface area contributed by atoms with Crippen LogP contribution in [-0.2, 0) is 4.74 Å². The van der Waals surface area contributed by atoms with Crippen molar-refractivity contribution < 1.29 is 9.53 Å². The van der Waals surface area contributed by atoms with Crippen LogP contribution in [0.25, 0.3) is 0 Å². The molecule has 2 rings (SSSR count). The lowest BCUT2D eigenvalue weighted by molar-refractivity contribution is 0.102. The minimum absolute atomic E-state index is 0.125. The Labute approximate surface area is 108 Å². The number of thiazole rings is 1.